The van der Waals surface area contributed by atoms with E-state index in [4.69, 9.17) is 5.26 Å². The second-order valence-electron chi connectivity index (χ2n) is 4.97. The summed E-state index contributed by atoms with van der Waals surface area (Å²) in [5.41, 5.74) is 4.85. The molecule has 1 saturated heterocycles. The van der Waals surface area contributed by atoms with Crippen molar-refractivity contribution in [2.24, 2.45) is 0 Å². The van der Waals surface area contributed by atoms with Crippen molar-refractivity contribution in [3.8, 4) is 17.2 Å². The highest BCUT2D eigenvalue weighted by Crippen LogP contribution is 2.30. The number of hydrogen-bond donors (Lipinski definition) is 1. The maximum absolute atomic E-state index is 8.83. The Bertz CT molecular complexity index is 648. The van der Waals surface area contributed by atoms with E-state index in [-0.39, 0.29) is 6.04 Å². The summed E-state index contributed by atoms with van der Waals surface area (Å²) < 4.78 is 0. The Morgan fingerprint density at radius 2 is 1.70 bits per heavy atom. The normalized spacial score (nSPS) is 19.9. The van der Waals surface area contributed by atoms with Crippen LogP contribution < -0.4 is 5.32 Å². The molecule has 2 aromatic carbocycles. The molecule has 3 rings (SSSR count). The summed E-state index contributed by atoms with van der Waals surface area (Å²) in [7, 11) is 0. The van der Waals surface area contributed by atoms with Gasteiger partial charge in [0.25, 0.3) is 0 Å². The summed E-state index contributed by atoms with van der Waals surface area (Å²) in [4.78, 5) is 0. The van der Waals surface area contributed by atoms with Crippen molar-refractivity contribution in [3.05, 3.63) is 71.8 Å². The second kappa shape index (κ2) is 5.73. The van der Waals surface area contributed by atoms with E-state index in [0.29, 0.717) is 0 Å². The van der Waals surface area contributed by atoms with E-state index in [1.54, 1.807) is 6.08 Å². The van der Waals surface area contributed by atoms with Crippen molar-refractivity contribution in [2.45, 2.75) is 12.5 Å². The van der Waals surface area contributed by atoms with Gasteiger partial charge in [-0.05, 0) is 35.2 Å². The minimum Gasteiger partial charge on any atom is -0.306 e. The van der Waals surface area contributed by atoms with Crippen LogP contribution in [0.15, 0.2) is 66.2 Å². The first kappa shape index (κ1) is 12.7. The minimum absolute atomic E-state index is 0.194. The van der Waals surface area contributed by atoms with Crippen LogP contribution in [0.4, 0.5) is 0 Å². The average Bonchev–Trinajstić information content (AvgIpc) is 2.97. The van der Waals surface area contributed by atoms with Crippen LogP contribution in [0.25, 0.3) is 11.1 Å². The molecule has 0 bridgehead atoms. The molecule has 0 aromatic heterocycles. The first-order chi connectivity index (χ1) is 9.88. The van der Waals surface area contributed by atoms with Gasteiger partial charge in [-0.1, -0.05) is 54.6 Å². The predicted octanol–water partition coefficient (Wildman–Crippen LogP) is 3.84. The average molecular weight is 260 g/mol. The zero-order chi connectivity index (χ0) is 13.8. The first-order valence-electron chi connectivity index (χ1n) is 6.86. The van der Waals surface area contributed by atoms with Crippen molar-refractivity contribution < 1.29 is 0 Å². The Balaban J connectivity index is 1.87. The van der Waals surface area contributed by atoms with Gasteiger partial charge >= 0.3 is 0 Å². The highest BCUT2D eigenvalue weighted by molar-refractivity contribution is 5.63. The molecular weight excluding hydrogens is 244 g/mol. The molecular formula is C18H16N2. The van der Waals surface area contributed by atoms with Gasteiger partial charge in [-0.25, -0.2) is 0 Å². The summed E-state index contributed by atoms with van der Waals surface area (Å²) in [6.07, 6.45) is 2.63. The standard InChI is InChI=1S/C18H16N2/c19-12-10-17-11-13-20-18(17)16-8-6-15(7-9-16)14-4-2-1-3-5-14/h1-10,18,20H,11,13H2. The fraction of sp³-hybridized carbons (Fsp3) is 0.167. The Labute approximate surface area is 119 Å². The molecule has 0 aliphatic carbocycles. The largest absolute Gasteiger partial charge is 0.306 e. The third kappa shape index (κ3) is 2.49. The Hall–Kier alpha value is -2.37. The van der Waals surface area contributed by atoms with Gasteiger partial charge in [0.1, 0.15) is 0 Å². The van der Waals surface area contributed by atoms with Crippen LogP contribution in [-0.4, -0.2) is 6.54 Å². The lowest BCUT2D eigenvalue weighted by Crippen LogP contribution is -2.13. The highest BCUT2D eigenvalue weighted by atomic mass is 14.9. The number of rotatable bonds is 2. The lowest BCUT2D eigenvalue weighted by atomic mass is 9.97. The molecule has 1 aliphatic rings. The summed E-state index contributed by atoms with van der Waals surface area (Å²) >= 11 is 0. The fourth-order valence-electron chi connectivity index (χ4n) is 2.71. The van der Waals surface area contributed by atoms with Crippen LogP contribution in [0, 0.1) is 11.3 Å². The van der Waals surface area contributed by atoms with E-state index in [1.165, 1.54) is 22.3 Å². The number of hydrogen-bond acceptors (Lipinski definition) is 2. The number of nitrogens with one attached hydrogen (secondary N) is 1. The van der Waals surface area contributed by atoms with Crippen molar-refractivity contribution >= 4 is 0 Å². The molecule has 2 heteroatoms. The van der Waals surface area contributed by atoms with E-state index in [9.17, 15) is 0 Å². The molecule has 98 valence electrons. The molecule has 20 heavy (non-hydrogen) atoms. The van der Waals surface area contributed by atoms with E-state index in [1.807, 2.05) is 6.07 Å². The van der Waals surface area contributed by atoms with E-state index >= 15 is 0 Å². The number of nitrogens with zero attached hydrogens (tertiary/aromatic N) is 1. The first-order valence-corrected chi connectivity index (χ1v) is 6.86. The van der Waals surface area contributed by atoms with Crippen LogP contribution in [0.5, 0.6) is 0 Å². The SMILES string of the molecule is N#CC=C1CCNC1c1ccc(-c2ccccc2)cc1. The smallest absolute Gasteiger partial charge is 0.0912 e. The second-order valence-corrected chi connectivity index (χ2v) is 4.97. The Morgan fingerprint density at radius 1 is 1.00 bits per heavy atom. The van der Waals surface area contributed by atoms with Crippen LogP contribution in [-0.2, 0) is 0 Å². The molecule has 1 heterocycles. The number of nitriles is 1. The quantitative estimate of drug-likeness (QED) is 0.833. The van der Waals surface area contributed by atoms with Gasteiger partial charge in [-0.3, -0.25) is 0 Å². The maximum Gasteiger partial charge on any atom is 0.0912 e. The van der Waals surface area contributed by atoms with Crippen LogP contribution in [0.3, 0.4) is 0 Å². The van der Waals surface area contributed by atoms with E-state index in [0.717, 1.165) is 13.0 Å². The van der Waals surface area contributed by atoms with Crippen LogP contribution >= 0.6 is 0 Å². The summed E-state index contributed by atoms with van der Waals surface area (Å²) in [6.45, 7) is 0.943. The molecule has 1 atom stereocenters. The lowest BCUT2D eigenvalue weighted by Gasteiger charge is -2.13. The third-order valence-corrected chi connectivity index (χ3v) is 3.73. The zero-order valence-corrected chi connectivity index (χ0v) is 11.2. The van der Waals surface area contributed by atoms with Gasteiger partial charge in [0.2, 0.25) is 0 Å². The summed E-state index contributed by atoms with van der Waals surface area (Å²) in [5.74, 6) is 0. The number of benzene rings is 2. The lowest BCUT2D eigenvalue weighted by molar-refractivity contribution is 0.708. The van der Waals surface area contributed by atoms with Gasteiger partial charge in [0.15, 0.2) is 0 Å². The van der Waals surface area contributed by atoms with E-state index < -0.39 is 0 Å². The maximum atomic E-state index is 8.83. The van der Waals surface area contributed by atoms with Crippen LogP contribution in [0.1, 0.15) is 18.0 Å². The molecule has 1 aliphatic heterocycles. The molecule has 2 aromatic rings. The van der Waals surface area contributed by atoms with Crippen molar-refractivity contribution in [1.82, 2.24) is 5.32 Å². The van der Waals surface area contributed by atoms with E-state index in [2.05, 4.69) is 59.9 Å². The number of allylic oxidation sites excluding steroid dienone is 1. The van der Waals surface area contributed by atoms with Gasteiger partial charge in [0, 0.05) is 6.08 Å². The summed E-state index contributed by atoms with van der Waals surface area (Å²) in [5, 5.41) is 12.3. The molecule has 1 unspecified atom stereocenters. The topological polar surface area (TPSA) is 35.8 Å². The van der Waals surface area contributed by atoms with Crippen molar-refractivity contribution in [1.29, 1.82) is 5.26 Å². The molecule has 1 fully saturated rings. The van der Waals surface area contributed by atoms with Crippen molar-refractivity contribution in [3.63, 3.8) is 0 Å². The minimum atomic E-state index is 0.194. The molecule has 0 amide bonds. The van der Waals surface area contributed by atoms with Crippen molar-refractivity contribution in [2.75, 3.05) is 6.54 Å². The monoisotopic (exact) mass is 260 g/mol. The fourth-order valence-corrected chi connectivity index (χ4v) is 2.71. The van der Waals surface area contributed by atoms with Gasteiger partial charge < -0.3 is 5.32 Å². The molecule has 1 N–H and O–H groups in total. The Kier molecular flexibility index (Phi) is 3.62. The van der Waals surface area contributed by atoms with Gasteiger partial charge in [0.05, 0.1) is 12.1 Å². The summed E-state index contributed by atoms with van der Waals surface area (Å²) in [6, 6.07) is 21.3. The molecule has 0 saturated carbocycles. The van der Waals surface area contributed by atoms with Gasteiger partial charge in [-0.2, -0.15) is 5.26 Å². The Morgan fingerprint density at radius 3 is 2.40 bits per heavy atom. The zero-order valence-electron chi connectivity index (χ0n) is 11.2. The molecule has 0 radical (unpaired) electrons. The highest BCUT2D eigenvalue weighted by Gasteiger charge is 2.21. The molecule has 0 spiro atoms. The predicted molar refractivity (Wildman–Crippen MR) is 80.9 cm³/mol. The van der Waals surface area contributed by atoms with Crippen LogP contribution in [0.2, 0.25) is 0 Å². The van der Waals surface area contributed by atoms with Gasteiger partial charge in [-0.15, -0.1) is 0 Å². The third-order valence-electron chi connectivity index (χ3n) is 3.73. The molecule has 2 nitrogen and oxygen atoms in total.